The van der Waals surface area contributed by atoms with Crippen LogP contribution in [0.25, 0.3) is 0 Å². The molecule has 0 bridgehead atoms. The summed E-state index contributed by atoms with van der Waals surface area (Å²) in [4.78, 5) is 0. The molecule has 1 N–H and O–H groups in total. The van der Waals surface area contributed by atoms with Crippen molar-refractivity contribution in [1.29, 1.82) is 0 Å². The second-order valence-electron chi connectivity index (χ2n) is 4.81. The summed E-state index contributed by atoms with van der Waals surface area (Å²) in [7, 11) is 4.62. The Bertz CT molecular complexity index is 177. The first-order valence-corrected chi connectivity index (χ1v) is 5.34. The van der Waals surface area contributed by atoms with Crippen LogP contribution in [0.3, 0.4) is 0 Å². The van der Waals surface area contributed by atoms with Crippen molar-refractivity contribution in [2.45, 2.75) is 25.0 Å². The maximum atomic E-state index is 6.05. The molecule has 2 rings (SSSR count). The van der Waals surface area contributed by atoms with E-state index in [1.54, 1.807) is 0 Å². The van der Waals surface area contributed by atoms with E-state index < -0.39 is 0 Å². The van der Waals surface area contributed by atoms with Crippen LogP contribution in [0, 0.1) is 0 Å². The summed E-state index contributed by atoms with van der Waals surface area (Å²) < 4.78 is 7.10. The molecule has 2 aliphatic heterocycles. The average molecular weight is 185 g/mol. The van der Waals surface area contributed by atoms with Gasteiger partial charge in [-0.05, 0) is 0 Å². The zero-order valence-electron chi connectivity index (χ0n) is 8.81. The molecule has 0 unspecified atom stereocenters. The number of hydrogen-bond donors (Lipinski definition) is 1. The van der Waals surface area contributed by atoms with Gasteiger partial charge in [-0.25, -0.2) is 0 Å². The van der Waals surface area contributed by atoms with Crippen molar-refractivity contribution in [3.05, 3.63) is 0 Å². The molecule has 3 nitrogen and oxygen atoms in total. The zero-order valence-corrected chi connectivity index (χ0v) is 8.81. The first-order valence-electron chi connectivity index (χ1n) is 5.34. The highest BCUT2D eigenvalue weighted by Crippen LogP contribution is 2.34. The number of ether oxygens (including phenoxy) is 1. The molecular formula is C10H21N2O+. The van der Waals surface area contributed by atoms with E-state index in [0.29, 0.717) is 0 Å². The molecule has 0 radical (unpaired) electrons. The molecule has 3 heteroatoms. The normalized spacial score (nSPS) is 31.8. The number of piperidine rings is 1. The number of nitrogens with one attached hydrogen (secondary N) is 1. The summed E-state index contributed by atoms with van der Waals surface area (Å²) in [6.07, 6.45) is 3.54. The first-order chi connectivity index (χ1) is 6.16. The van der Waals surface area contributed by atoms with Crippen LogP contribution in [-0.4, -0.2) is 50.5 Å². The SMILES string of the molecule is C[N+]1(C)CCCOC12CCNCC2. The lowest BCUT2D eigenvalue weighted by atomic mass is 9.96. The van der Waals surface area contributed by atoms with Crippen molar-refractivity contribution in [3.63, 3.8) is 0 Å². The summed E-state index contributed by atoms with van der Waals surface area (Å²) in [6, 6.07) is 0. The molecular weight excluding hydrogens is 164 g/mol. The van der Waals surface area contributed by atoms with Gasteiger partial charge in [0.2, 0.25) is 5.72 Å². The van der Waals surface area contributed by atoms with E-state index in [0.717, 1.165) is 24.2 Å². The summed E-state index contributed by atoms with van der Waals surface area (Å²) >= 11 is 0. The molecule has 2 aliphatic rings. The molecule has 2 saturated heterocycles. The van der Waals surface area contributed by atoms with Gasteiger partial charge in [0.05, 0.1) is 27.2 Å². The Morgan fingerprint density at radius 1 is 1.23 bits per heavy atom. The Labute approximate surface area is 80.6 Å². The smallest absolute Gasteiger partial charge is 0.205 e. The van der Waals surface area contributed by atoms with E-state index in [9.17, 15) is 0 Å². The third kappa shape index (κ3) is 1.49. The fourth-order valence-corrected chi connectivity index (χ4v) is 2.67. The topological polar surface area (TPSA) is 21.3 Å². The summed E-state index contributed by atoms with van der Waals surface area (Å²) in [5.74, 6) is 0. The van der Waals surface area contributed by atoms with E-state index >= 15 is 0 Å². The summed E-state index contributed by atoms with van der Waals surface area (Å²) in [5, 5.41) is 3.40. The minimum absolute atomic E-state index is 0.128. The van der Waals surface area contributed by atoms with Crippen molar-refractivity contribution >= 4 is 0 Å². The molecule has 0 amide bonds. The lowest BCUT2D eigenvalue weighted by molar-refractivity contribution is -0.977. The summed E-state index contributed by atoms with van der Waals surface area (Å²) in [5.41, 5.74) is 0.128. The van der Waals surface area contributed by atoms with Gasteiger partial charge < -0.3 is 14.5 Å². The minimum Gasteiger partial charge on any atom is -0.326 e. The Morgan fingerprint density at radius 2 is 1.92 bits per heavy atom. The van der Waals surface area contributed by atoms with E-state index in [2.05, 4.69) is 19.4 Å². The van der Waals surface area contributed by atoms with Crippen LogP contribution in [0.15, 0.2) is 0 Å². The third-order valence-electron chi connectivity index (χ3n) is 3.72. The van der Waals surface area contributed by atoms with Crippen LogP contribution in [-0.2, 0) is 4.74 Å². The highest BCUT2D eigenvalue weighted by Gasteiger charge is 2.49. The maximum Gasteiger partial charge on any atom is 0.205 e. The Kier molecular flexibility index (Phi) is 2.34. The predicted octanol–water partition coefficient (Wildman–Crippen LogP) is 0.563. The molecule has 0 aromatic heterocycles. The fraction of sp³-hybridized carbons (Fsp3) is 1.00. The standard InChI is InChI=1S/C10H21N2O/c1-12(2)8-3-9-13-10(12)4-6-11-7-5-10/h11H,3-9H2,1-2H3/q+1. The van der Waals surface area contributed by atoms with Crippen molar-refractivity contribution < 1.29 is 9.22 Å². The van der Waals surface area contributed by atoms with Crippen molar-refractivity contribution in [2.75, 3.05) is 40.3 Å². The zero-order chi connectivity index (χ0) is 9.36. The predicted molar refractivity (Wildman–Crippen MR) is 52.4 cm³/mol. The maximum absolute atomic E-state index is 6.05. The van der Waals surface area contributed by atoms with Crippen LogP contribution in [0.1, 0.15) is 19.3 Å². The number of rotatable bonds is 0. The van der Waals surface area contributed by atoms with Gasteiger partial charge in [0, 0.05) is 32.4 Å². The lowest BCUT2D eigenvalue weighted by Crippen LogP contribution is -2.67. The van der Waals surface area contributed by atoms with Crippen molar-refractivity contribution in [1.82, 2.24) is 5.32 Å². The molecule has 13 heavy (non-hydrogen) atoms. The lowest BCUT2D eigenvalue weighted by Gasteiger charge is -2.52. The van der Waals surface area contributed by atoms with Crippen LogP contribution < -0.4 is 5.32 Å². The van der Waals surface area contributed by atoms with Gasteiger partial charge in [-0.15, -0.1) is 0 Å². The van der Waals surface area contributed by atoms with Gasteiger partial charge in [-0.3, -0.25) is 0 Å². The minimum atomic E-state index is 0.128. The Hall–Kier alpha value is -0.120. The van der Waals surface area contributed by atoms with Gasteiger partial charge >= 0.3 is 0 Å². The average Bonchev–Trinajstić information content (AvgIpc) is 2.12. The molecule has 0 aliphatic carbocycles. The molecule has 0 saturated carbocycles. The largest absolute Gasteiger partial charge is 0.326 e. The number of nitrogens with zero attached hydrogens (tertiary/aromatic N) is 1. The molecule has 2 fully saturated rings. The molecule has 0 aromatic rings. The van der Waals surface area contributed by atoms with Gasteiger partial charge in [-0.1, -0.05) is 0 Å². The van der Waals surface area contributed by atoms with Crippen molar-refractivity contribution in [2.24, 2.45) is 0 Å². The van der Waals surface area contributed by atoms with Crippen molar-refractivity contribution in [3.8, 4) is 0 Å². The van der Waals surface area contributed by atoms with E-state index in [-0.39, 0.29) is 5.72 Å². The fourth-order valence-electron chi connectivity index (χ4n) is 2.67. The molecule has 0 atom stereocenters. The molecule has 76 valence electrons. The van der Waals surface area contributed by atoms with E-state index in [4.69, 9.17) is 4.74 Å². The second kappa shape index (κ2) is 3.23. The molecule has 0 aromatic carbocycles. The monoisotopic (exact) mass is 185 g/mol. The van der Waals surface area contributed by atoms with E-state index in [1.807, 2.05) is 0 Å². The van der Waals surface area contributed by atoms with Gasteiger partial charge in [-0.2, -0.15) is 0 Å². The van der Waals surface area contributed by atoms with Crippen LogP contribution in [0.5, 0.6) is 0 Å². The first kappa shape index (κ1) is 9.44. The van der Waals surface area contributed by atoms with Gasteiger partial charge in [0.25, 0.3) is 0 Å². The highest BCUT2D eigenvalue weighted by molar-refractivity contribution is 4.80. The third-order valence-corrected chi connectivity index (χ3v) is 3.72. The molecule has 2 heterocycles. The Morgan fingerprint density at radius 3 is 2.54 bits per heavy atom. The van der Waals surface area contributed by atoms with Gasteiger partial charge in [0.1, 0.15) is 0 Å². The highest BCUT2D eigenvalue weighted by atomic mass is 16.5. The van der Waals surface area contributed by atoms with Crippen LogP contribution in [0.2, 0.25) is 0 Å². The second-order valence-corrected chi connectivity index (χ2v) is 4.81. The van der Waals surface area contributed by atoms with Crippen LogP contribution in [0.4, 0.5) is 0 Å². The quantitative estimate of drug-likeness (QED) is 0.557. The number of quaternary nitrogens is 1. The van der Waals surface area contributed by atoms with Gasteiger partial charge in [0.15, 0.2) is 0 Å². The summed E-state index contributed by atoms with van der Waals surface area (Å²) in [6.45, 7) is 4.45. The Balaban J connectivity index is 2.16. The van der Waals surface area contributed by atoms with E-state index in [1.165, 1.54) is 25.8 Å². The number of hydrogen-bond acceptors (Lipinski definition) is 2. The molecule has 1 spiro atoms. The van der Waals surface area contributed by atoms with Crippen LogP contribution >= 0.6 is 0 Å².